The molecule has 0 atom stereocenters. The number of nitrogens with zero attached hydrogens (tertiary/aromatic N) is 2. The number of rotatable bonds is 3. The summed E-state index contributed by atoms with van der Waals surface area (Å²) in [6.07, 6.45) is 1.38. The van der Waals surface area contributed by atoms with Crippen molar-refractivity contribution in [3.8, 4) is 11.5 Å². The molecule has 0 radical (unpaired) electrons. The van der Waals surface area contributed by atoms with E-state index in [1.165, 1.54) is 18.3 Å². The molecule has 1 aliphatic heterocycles. The fourth-order valence-electron chi connectivity index (χ4n) is 1.72. The molecule has 0 spiro atoms. The van der Waals surface area contributed by atoms with Crippen LogP contribution in [-0.4, -0.2) is 16.7 Å². The van der Waals surface area contributed by atoms with Gasteiger partial charge in [0.2, 0.25) is 6.79 Å². The molecule has 0 aliphatic carbocycles. The van der Waals surface area contributed by atoms with Gasteiger partial charge in [0.1, 0.15) is 5.82 Å². The molecule has 1 aliphatic rings. The molecule has 1 aromatic carbocycles. The predicted molar refractivity (Wildman–Crippen MR) is 66.7 cm³/mol. The number of fused-ring (bicyclic) bond motifs is 1. The molecule has 2 aromatic rings. The molecule has 96 valence electrons. The van der Waals surface area contributed by atoms with Gasteiger partial charge in [0, 0.05) is 24.0 Å². The van der Waals surface area contributed by atoms with Gasteiger partial charge in [-0.15, -0.1) is 0 Å². The summed E-state index contributed by atoms with van der Waals surface area (Å²) in [6, 6.07) is 8.01. The van der Waals surface area contributed by atoms with Crippen LogP contribution >= 0.6 is 0 Å². The lowest BCUT2D eigenvalue weighted by atomic mass is 10.2. The molecule has 3 rings (SSSR count). The van der Waals surface area contributed by atoms with Crippen molar-refractivity contribution in [2.75, 3.05) is 12.1 Å². The SMILES string of the molecule is O=[N+]([O-])c1ccnc(Nc2ccc3c(c2)OCO3)c1. The Morgan fingerprint density at radius 2 is 2.05 bits per heavy atom. The largest absolute Gasteiger partial charge is 0.454 e. The van der Waals surface area contributed by atoms with Crippen molar-refractivity contribution in [3.63, 3.8) is 0 Å². The lowest BCUT2D eigenvalue weighted by molar-refractivity contribution is -0.384. The third-order valence-electron chi connectivity index (χ3n) is 2.60. The Labute approximate surface area is 107 Å². The lowest BCUT2D eigenvalue weighted by Gasteiger charge is -2.06. The lowest BCUT2D eigenvalue weighted by Crippen LogP contribution is -1.95. The molecule has 19 heavy (non-hydrogen) atoms. The maximum atomic E-state index is 10.7. The molecule has 7 heteroatoms. The fraction of sp³-hybridized carbons (Fsp3) is 0.0833. The van der Waals surface area contributed by atoms with Crippen molar-refractivity contribution < 1.29 is 14.4 Å². The number of ether oxygens (including phenoxy) is 2. The molecule has 0 unspecified atom stereocenters. The highest BCUT2D eigenvalue weighted by atomic mass is 16.7. The van der Waals surface area contributed by atoms with Crippen molar-refractivity contribution >= 4 is 17.2 Å². The van der Waals surface area contributed by atoms with Crippen LogP contribution in [-0.2, 0) is 0 Å². The monoisotopic (exact) mass is 259 g/mol. The van der Waals surface area contributed by atoms with E-state index >= 15 is 0 Å². The number of anilines is 2. The zero-order chi connectivity index (χ0) is 13.2. The predicted octanol–water partition coefficient (Wildman–Crippen LogP) is 2.46. The van der Waals surface area contributed by atoms with E-state index < -0.39 is 4.92 Å². The van der Waals surface area contributed by atoms with E-state index in [1.54, 1.807) is 18.2 Å². The number of aromatic nitrogens is 1. The molecular formula is C12H9N3O4. The summed E-state index contributed by atoms with van der Waals surface area (Å²) in [4.78, 5) is 14.2. The Morgan fingerprint density at radius 3 is 2.89 bits per heavy atom. The summed E-state index contributed by atoms with van der Waals surface area (Å²) in [5.74, 6) is 1.71. The molecule has 1 aromatic heterocycles. The van der Waals surface area contributed by atoms with E-state index in [-0.39, 0.29) is 12.5 Å². The second-order valence-electron chi connectivity index (χ2n) is 3.85. The highest BCUT2D eigenvalue weighted by Crippen LogP contribution is 2.35. The first-order valence-corrected chi connectivity index (χ1v) is 5.49. The van der Waals surface area contributed by atoms with Crippen molar-refractivity contribution in [2.45, 2.75) is 0 Å². The van der Waals surface area contributed by atoms with E-state index in [4.69, 9.17) is 9.47 Å². The van der Waals surface area contributed by atoms with Gasteiger partial charge in [-0.3, -0.25) is 10.1 Å². The van der Waals surface area contributed by atoms with Crippen LogP contribution in [0.15, 0.2) is 36.5 Å². The summed E-state index contributed by atoms with van der Waals surface area (Å²) in [6.45, 7) is 0.202. The van der Waals surface area contributed by atoms with Gasteiger partial charge < -0.3 is 14.8 Å². The summed E-state index contributed by atoms with van der Waals surface area (Å²) >= 11 is 0. The average Bonchev–Trinajstić information content (AvgIpc) is 2.86. The van der Waals surface area contributed by atoms with Crippen molar-refractivity contribution in [1.82, 2.24) is 4.98 Å². The van der Waals surface area contributed by atoms with Crippen LogP contribution in [0.25, 0.3) is 0 Å². The first kappa shape index (κ1) is 11.3. The van der Waals surface area contributed by atoms with Gasteiger partial charge in [-0.25, -0.2) is 4.98 Å². The van der Waals surface area contributed by atoms with Crippen molar-refractivity contribution in [2.24, 2.45) is 0 Å². The van der Waals surface area contributed by atoms with Gasteiger partial charge in [-0.2, -0.15) is 0 Å². The second kappa shape index (κ2) is 4.45. The highest BCUT2D eigenvalue weighted by Gasteiger charge is 2.14. The standard InChI is InChI=1S/C12H9N3O4/c16-15(17)9-3-4-13-12(6-9)14-8-1-2-10-11(5-8)19-7-18-10/h1-6H,7H2,(H,13,14). The van der Waals surface area contributed by atoms with E-state index in [9.17, 15) is 10.1 Å². The Kier molecular flexibility index (Phi) is 2.64. The van der Waals surface area contributed by atoms with E-state index in [0.29, 0.717) is 17.3 Å². The molecule has 0 saturated heterocycles. The number of nitrogens with one attached hydrogen (secondary N) is 1. The van der Waals surface area contributed by atoms with Gasteiger partial charge in [0.15, 0.2) is 11.5 Å². The number of pyridine rings is 1. The molecule has 7 nitrogen and oxygen atoms in total. The first-order chi connectivity index (χ1) is 9.22. The minimum atomic E-state index is -0.466. The van der Waals surface area contributed by atoms with Crippen LogP contribution in [0.1, 0.15) is 0 Å². The van der Waals surface area contributed by atoms with Gasteiger partial charge >= 0.3 is 0 Å². The molecule has 0 amide bonds. The first-order valence-electron chi connectivity index (χ1n) is 5.49. The zero-order valence-electron chi connectivity index (χ0n) is 9.70. The van der Waals surface area contributed by atoms with Gasteiger partial charge in [0.05, 0.1) is 11.0 Å². The second-order valence-corrected chi connectivity index (χ2v) is 3.85. The van der Waals surface area contributed by atoms with E-state index in [0.717, 1.165) is 5.69 Å². The quantitative estimate of drug-likeness (QED) is 0.673. The normalized spacial score (nSPS) is 12.2. The summed E-state index contributed by atoms with van der Waals surface area (Å²) in [5, 5.41) is 13.7. The smallest absolute Gasteiger partial charge is 0.274 e. The maximum Gasteiger partial charge on any atom is 0.274 e. The fourth-order valence-corrected chi connectivity index (χ4v) is 1.72. The summed E-state index contributed by atoms with van der Waals surface area (Å²) < 4.78 is 10.4. The van der Waals surface area contributed by atoms with Gasteiger partial charge in [-0.05, 0) is 12.1 Å². The molecular weight excluding hydrogens is 250 g/mol. The van der Waals surface area contributed by atoms with Crippen LogP contribution in [0.2, 0.25) is 0 Å². The molecule has 0 fully saturated rings. The van der Waals surface area contributed by atoms with Gasteiger partial charge in [-0.1, -0.05) is 0 Å². The maximum absolute atomic E-state index is 10.7. The number of nitro groups is 1. The van der Waals surface area contributed by atoms with Crippen LogP contribution in [0.4, 0.5) is 17.2 Å². The Morgan fingerprint density at radius 1 is 1.21 bits per heavy atom. The van der Waals surface area contributed by atoms with Gasteiger partial charge in [0.25, 0.3) is 5.69 Å². The van der Waals surface area contributed by atoms with Crippen LogP contribution in [0.5, 0.6) is 11.5 Å². The highest BCUT2D eigenvalue weighted by molar-refractivity contribution is 5.63. The molecule has 1 N–H and O–H groups in total. The molecule has 2 heterocycles. The third-order valence-corrected chi connectivity index (χ3v) is 2.60. The third kappa shape index (κ3) is 2.25. The molecule has 0 bridgehead atoms. The molecule has 0 saturated carbocycles. The Balaban J connectivity index is 1.85. The van der Waals surface area contributed by atoms with Crippen molar-refractivity contribution in [3.05, 3.63) is 46.6 Å². The van der Waals surface area contributed by atoms with Crippen LogP contribution in [0, 0.1) is 10.1 Å². The minimum Gasteiger partial charge on any atom is -0.454 e. The average molecular weight is 259 g/mol. The number of benzene rings is 1. The zero-order valence-corrected chi connectivity index (χ0v) is 9.70. The van der Waals surface area contributed by atoms with Crippen LogP contribution < -0.4 is 14.8 Å². The number of hydrogen-bond acceptors (Lipinski definition) is 6. The van der Waals surface area contributed by atoms with E-state index in [1.807, 2.05) is 0 Å². The van der Waals surface area contributed by atoms with Crippen LogP contribution in [0.3, 0.4) is 0 Å². The van der Waals surface area contributed by atoms with E-state index in [2.05, 4.69) is 10.3 Å². The summed E-state index contributed by atoms with van der Waals surface area (Å²) in [5.41, 5.74) is 0.704. The minimum absolute atomic E-state index is 0.0155. The topological polar surface area (TPSA) is 86.5 Å². The summed E-state index contributed by atoms with van der Waals surface area (Å²) in [7, 11) is 0. The Hall–Kier alpha value is -2.83. The Bertz CT molecular complexity index is 645. The number of hydrogen-bond donors (Lipinski definition) is 1. The van der Waals surface area contributed by atoms with Crippen molar-refractivity contribution in [1.29, 1.82) is 0 Å².